The molecule has 8 aromatic heterocycles. The summed E-state index contributed by atoms with van der Waals surface area (Å²) in [4.78, 5) is 77.7. The Bertz CT molecular complexity index is 5160. The molecule has 0 radical (unpaired) electrons. The maximum Gasteiger partial charge on any atom is 0.325 e. The van der Waals surface area contributed by atoms with Crippen LogP contribution in [0.4, 0.5) is 17.8 Å². The third-order valence-corrected chi connectivity index (χ3v) is 14.4. The molecule has 0 aliphatic heterocycles. The van der Waals surface area contributed by atoms with E-state index in [0.29, 0.717) is 87.4 Å². The summed E-state index contributed by atoms with van der Waals surface area (Å²) in [6.45, 7) is 21.7. The molecule has 554 valence electrons. The molecule has 0 atom stereocenters. The minimum Gasteiger partial charge on any atom is -0.480 e. The highest BCUT2D eigenvalue weighted by Gasteiger charge is 2.21. The van der Waals surface area contributed by atoms with Crippen LogP contribution in [0.2, 0.25) is 0 Å². The van der Waals surface area contributed by atoms with Crippen LogP contribution in [0.1, 0.15) is 133 Å². The number of carbonyl (C=O) groups excluding carboxylic acids is 2. The molecule has 0 aliphatic rings. The van der Waals surface area contributed by atoms with Crippen molar-refractivity contribution < 1.29 is 29.0 Å². The van der Waals surface area contributed by atoms with Crippen molar-refractivity contribution in [3.8, 4) is 87.1 Å². The maximum atomic E-state index is 12.2. The van der Waals surface area contributed by atoms with Gasteiger partial charge in [-0.1, -0.05) is 111 Å². The molecule has 0 fully saturated rings. The van der Waals surface area contributed by atoms with E-state index in [2.05, 4.69) is 129 Å². The number of aromatic nitrogens is 15. The second-order valence-electron chi connectivity index (χ2n) is 25.1. The van der Waals surface area contributed by atoms with Gasteiger partial charge in [0.05, 0.1) is 107 Å². The van der Waals surface area contributed by atoms with Gasteiger partial charge in [-0.2, -0.15) is 15.8 Å². The lowest BCUT2D eigenvalue weighted by Crippen LogP contribution is -2.28. The van der Waals surface area contributed by atoms with Crippen molar-refractivity contribution in [3.63, 3.8) is 0 Å². The number of azide groups is 1. The van der Waals surface area contributed by atoms with Gasteiger partial charge in [-0.25, -0.2) is 39.3 Å². The molecule has 0 amide bonds. The van der Waals surface area contributed by atoms with Crippen LogP contribution in [0.5, 0.6) is 0 Å². The first kappa shape index (κ1) is 82.1. The fourth-order valence-electron chi connectivity index (χ4n) is 9.68. The lowest BCUT2D eigenvalue weighted by atomic mass is 10.1. The van der Waals surface area contributed by atoms with E-state index >= 15 is 0 Å². The van der Waals surface area contributed by atoms with Crippen LogP contribution in [0.3, 0.4) is 0 Å². The van der Waals surface area contributed by atoms with Crippen LogP contribution < -0.4 is 16.0 Å². The minimum atomic E-state index is -1.04. The molecule has 0 aliphatic carbocycles. The quantitative estimate of drug-likeness (QED) is 0.0152. The van der Waals surface area contributed by atoms with E-state index in [1.54, 1.807) is 136 Å². The summed E-state index contributed by atoms with van der Waals surface area (Å²) in [5.74, 6) is 1.16. The van der Waals surface area contributed by atoms with Gasteiger partial charge in [-0.15, -0.1) is 16.6 Å². The number of aliphatic carboxylic acids is 1. The average molecular weight is 1460 g/mol. The van der Waals surface area contributed by atoms with Crippen LogP contribution in [-0.2, 0) is 62.8 Å². The van der Waals surface area contributed by atoms with Gasteiger partial charge in [0.15, 0.2) is 0 Å². The molecule has 30 nitrogen and oxygen atoms in total. The predicted molar refractivity (Wildman–Crippen MR) is 411 cm³/mol. The highest BCUT2D eigenvalue weighted by atomic mass is 16.6. The van der Waals surface area contributed by atoms with Crippen molar-refractivity contribution in [2.24, 2.45) is 5.11 Å². The number of hydrogen-bond donors (Lipinski definition) is 4. The Labute approximate surface area is 631 Å². The van der Waals surface area contributed by atoms with E-state index in [4.69, 9.17) is 31.8 Å². The number of carboxylic acid groups (broad SMARTS) is 1. The molecule has 109 heavy (non-hydrogen) atoms. The van der Waals surface area contributed by atoms with Gasteiger partial charge in [0, 0.05) is 44.4 Å². The number of aryl methyl sites for hydroxylation is 3. The van der Waals surface area contributed by atoms with E-state index in [-0.39, 0.29) is 37.5 Å². The Morgan fingerprint density at radius 2 is 0.835 bits per heavy atom. The molecule has 8 heterocycles. The number of benzene rings is 3. The number of nitrogens with zero attached hydrogens (tertiary/aromatic N) is 21. The minimum absolute atomic E-state index is 0.0804. The first-order chi connectivity index (χ1) is 52.4. The highest BCUT2D eigenvalue weighted by molar-refractivity contribution is 5.77. The van der Waals surface area contributed by atoms with Crippen LogP contribution >= 0.6 is 0 Å². The van der Waals surface area contributed by atoms with Crippen LogP contribution in [0.25, 0.3) is 67.0 Å². The number of esters is 2. The molecule has 0 spiro atoms. The number of rotatable bonds is 23. The van der Waals surface area contributed by atoms with Gasteiger partial charge in [-0.3, -0.25) is 29.3 Å². The average Bonchev–Trinajstić information content (AvgIpc) is 1.79. The molecule has 0 bridgehead atoms. The van der Waals surface area contributed by atoms with Crippen molar-refractivity contribution in [1.82, 2.24) is 74.8 Å². The lowest BCUT2D eigenvalue weighted by molar-refractivity contribution is -0.153. The largest absolute Gasteiger partial charge is 0.480 e. The molecule has 0 saturated heterocycles. The third-order valence-electron chi connectivity index (χ3n) is 14.4. The maximum absolute atomic E-state index is 12.2. The summed E-state index contributed by atoms with van der Waals surface area (Å²) >= 11 is 0. The van der Waals surface area contributed by atoms with E-state index in [1.165, 1.54) is 0 Å². The summed E-state index contributed by atoms with van der Waals surface area (Å²) in [6.07, 6.45) is 11.6. The summed E-state index contributed by atoms with van der Waals surface area (Å²) in [7, 11) is 0. The third kappa shape index (κ3) is 27.1. The zero-order chi connectivity index (χ0) is 78.9. The highest BCUT2D eigenvalue weighted by Crippen LogP contribution is 2.28. The monoisotopic (exact) mass is 1460 g/mol. The fourth-order valence-corrected chi connectivity index (χ4v) is 9.68. The van der Waals surface area contributed by atoms with Crippen LogP contribution in [-0.4, -0.2) is 129 Å². The summed E-state index contributed by atoms with van der Waals surface area (Å²) in [5.41, 5.74) is 20.3. The number of anilines is 3. The molecular weight excluding hydrogens is 1380 g/mol. The second-order valence-corrected chi connectivity index (χ2v) is 25.1. The van der Waals surface area contributed by atoms with Crippen molar-refractivity contribution in [1.29, 1.82) is 15.8 Å². The van der Waals surface area contributed by atoms with Crippen molar-refractivity contribution in [2.75, 3.05) is 35.6 Å². The topological polar surface area (TPSA) is 424 Å². The molecule has 3 aromatic carbocycles. The van der Waals surface area contributed by atoms with Gasteiger partial charge in [0.25, 0.3) is 0 Å². The van der Waals surface area contributed by atoms with Gasteiger partial charge in [0.2, 0.25) is 17.8 Å². The Kier molecular flexibility index (Phi) is 30.7. The zero-order valence-corrected chi connectivity index (χ0v) is 62.3. The van der Waals surface area contributed by atoms with Crippen molar-refractivity contribution in [3.05, 3.63) is 225 Å². The Morgan fingerprint density at radius 1 is 0.486 bits per heavy atom. The SMILES string of the molecule is C#Cc1cc(-c2cccc(C#N)c2)nc(NCC(=O)OC(C)(C)C)n1.CC.CCc1cccc(CN=[N+]=[N-])n1.CCc1cccc(Cn2cc(-c3cc(-c4cccc(C#N)c4)nc(NCC(=O)O)n3)nn2)n1.CCc1cccc(Cn2cc(-c3cc(-c4cccc(C#N)c4)nc(NCC(=O)OC(C)(C)C)n3)nn2)n1. The molecule has 0 unspecified atom stereocenters. The Morgan fingerprint density at radius 3 is 1.20 bits per heavy atom. The molecule has 30 heteroatoms. The molecule has 4 N–H and O–H groups in total. The van der Waals surface area contributed by atoms with Gasteiger partial charge in [-0.05, 0) is 157 Å². The predicted octanol–water partition coefficient (Wildman–Crippen LogP) is 13.0. The normalized spacial score (nSPS) is 10.4. The number of carbonyl (C=O) groups is 3. The number of terminal acetylenes is 1. The molecule has 0 saturated carbocycles. The number of ether oxygens (including phenoxy) is 2. The summed E-state index contributed by atoms with van der Waals surface area (Å²) in [5, 5.41) is 65.4. The fraction of sp³-hybridized carbons (Fsp3) is 0.278. The number of hydrogen-bond acceptors (Lipinski definition) is 25. The van der Waals surface area contributed by atoms with Crippen LogP contribution in [0, 0.1) is 46.3 Å². The van der Waals surface area contributed by atoms with E-state index < -0.39 is 29.1 Å². The number of carboxylic acids is 1. The molecular formula is C79H82N24O6. The van der Waals surface area contributed by atoms with Crippen molar-refractivity contribution in [2.45, 2.75) is 126 Å². The smallest absolute Gasteiger partial charge is 0.325 e. The van der Waals surface area contributed by atoms with Crippen LogP contribution in [0.15, 0.2) is 163 Å². The molecule has 11 rings (SSSR count). The number of nitriles is 3. The zero-order valence-electron chi connectivity index (χ0n) is 62.3. The van der Waals surface area contributed by atoms with E-state index in [9.17, 15) is 24.9 Å². The Hall–Kier alpha value is -14.2. The van der Waals surface area contributed by atoms with Gasteiger partial charge >= 0.3 is 17.9 Å². The first-order valence-electron chi connectivity index (χ1n) is 34.6. The van der Waals surface area contributed by atoms with E-state index in [1.807, 2.05) is 93.6 Å². The summed E-state index contributed by atoms with van der Waals surface area (Å²) in [6, 6.07) is 50.1. The lowest BCUT2D eigenvalue weighted by Gasteiger charge is -2.19. The van der Waals surface area contributed by atoms with Gasteiger partial charge < -0.3 is 30.5 Å². The summed E-state index contributed by atoms with van der Waals surface area (Å²) < 4.78 is 14.0. The standard InChI is InChI=1S/C27H28N8O2.C23H20N8O2.C19H18N4O2.C8H10N4.C2H6/c1-5-20-10-7-11-21(30-20)16-35-17-24(33-34-35)23-13-22(19-9-6-8-18(12-19)14-28)31-26(32-23)29-15-25(36)37-27(2,3)4;1-2-17-7-4-8-18(26-17)13-31-14-21(29-30-31)20-10-19(16-6-3-5-15(9-16)11-24)27-23(28-20)25-12-22(32)33;1-5-15-10-16(14-8-6-7-13(9-14)11-20)23-18(22-15)21-12-17(24)25-19(2,3)4;1-2-7-4-3-5-8(11-7)6-10-12-9;1-2/h6-13,17H,5,15-16H2,1-4H3,(H,29,31,32);3-10,14H,2,12-13H2,1H3,(H,32,33)(H,25,27,28);1,6-10H,12H2,2-4H3,(H,21,22,23);3-5H,2,6H2,1H3;1-2H3. The second kappa shape index (κ2) is 40.7. The van der Waals surface area contributed by atoms with E-state index in [0.717, 1.165) is 64.6 Å². The molecule has 11 aromatic rings. The van der Waals surface area contributed by atoms with Crippen molar-refractivity contribution >= 4 is 35.8 Å². The number of nitrogens with one attached hydrogen (secondary N) is 3. The number of pyridine rings is 3. The van der Waals surface area contributed by atoms with Gasteiger partial charge in [0.1, 0.15) is 47.9 Å². The Balaban J connectivity index is 0.000000212. The first-order valence-corrected chi connectivity index (χ1v) is 34.6.